The van der Waals surface area contributed by atoms with Crippen molar-refractivity contribution in [3.8, 4) is 0 Å². The summed E-state index contributed by atoms with van der Waals surface area (Å²) in [5.74, 6) is 0.658. The molecule has 0 atom stereocenters. The molecule has 8 heteroatoms. The quantitative estimate of drug-likeness (QED) is 0.342. The SMILES string of the molecule is CCNC(=NCCS(=O)(=O)C(C)(C)C)NCCc1ccccc1Cl.I. The van der Waals surface area contributed by atoms with Crippen LogP contribution in [0.3, 0.4) is 0 Å². The molecule has 0 aliphatic heterocycles. The van der Waals surface area contributed by atoms with E-state index >= 15 is 0 Å². The van der Waals surface area contributed by atoms with Crippen molar-refractivity contribution in [1.29, 1.82) is 0 Å². The van der Waals surface area contributed by atoms with Crippen LogP contribution in [-0.2, 0) is 16.3 Å². The van der Waals surface area contributed by atoms with Gasteiger partial charge in [-0.15, -0.1) is 24.0 Å². The topological polar surface area (TPSA) is 70.6 Å². The lowest BCUT2D eigenvalue weighted by Crippen LogP contribution is -2.39. The zero-order valence-corrected chi connectivity index (χ0v) is 19.2. The minimum Gasteiger partial charge on any atom is -0.357 e. The maximum atomic E-state index is 12.1. The Kier molecular flexibility index (Phi) is 11.0. The highest BCUT2D eigenvalue weighted by atomic mass is 127. The maximum absolute atomic E-state index is 12.1. The molecule has 144 valence electrons. The van der Waals surface area contributed by atoms with E-state index in [1.54, 1.807) is 20.8 Å². The smallest absolute Gasteiger partial charge is 0.191 e. The lowest BCUT2D eigenvalue weighted by molar-refractivity contribution is 0.560. The molecule has 0 fully saturated rings. The van der Waals surface area contributed by atoms with E-state index in [-0.39, 0.29) is 36.3 Å². The van der Waals surface area contributed by atoms with Gasteiger partial charge in [0.2, 0.25) is 0 Å². The lowest BCUT2D eigenvalue weighted by atomic mass is 10.1. The third-order valence-corrected chi connectivity index (χ3v) is 6.51. The predicted molar refractivity (Wildman–Crippen MR) is 118 cm³/mol. The van der Waals surface area contributed by atoms with Gasteiger partial charge in [-0.05, 0) is 45.7 Å². The van der Waals surface area contributed by atoms with Gasteiger partial charge in [0.25, 0.3) is 0 Å². The largest absolute Gasteiger partial charge is 0.357 e. The van der Waals surface area contributed by atoms with Crippen LogP contribution in [0.4, 0.5) is 0 Å². The molecule has 0 spiro atoms. The van der Waals surface area contributed by atoms with Crippen molar-refractivity contribution in [3.63, 3.8) is 0 Å². The van der Waals surface area contributed by atoms with E-state index in [1.807, 2.05) is 31.2 Å². The van der Waals surface area contributed by atoms with Crippen LogP contribution in [0, 0.1) is 0 Å². The summed E-state index contributed by atoms with van der Waals surface area (Å²) < 4.78 is 23.5. The molecule has 0 amide bonds. The van der Waals surface area contributed by atoms with Gasteiger partial charge < -0.3 is 10.6 Å². The van der Waals surface area contributed by atoms with Crippen molar-refractivity contribution in [2.24, 2.45) is 4.99 Å². The standard InChI is InChI=1S/C17H28ClN3O2S.HI/c1-5-19-16(21-12-13-24(22,23)17(2,3)4)20-11-10-14-8-6-7-9-15(14)18;/h6-9H,5,10-13H2,1-4H3,(H2,19,20,21);1H. The second-order valence-electron chi connectivity index (χ2n) is 6.46. The number of hydrogen-bond donors (Lipinski definition) is 2. The van der Waals surface area contributed by atoms with E-state index in [4.69, 9.17) is 11.6 Å². The van der Waals surface area contributed by atoms with Crippen LogP contribution in [0.1, 0.15) is 33.3 Å². The molecule has 1 rings (SSSR count). The summed E-state index contributed by atoms with van der Waals surface area (Å²) in [6, 6.07) is 7.72. The second kappa shape index (κ2) is 11.2. The monoisotopic (exact) mass is 501 g/mol. The molecule has 0 bridgehead atoms. The number of benzene rings is 1. The summed E-state index contributed by atoms with van der Waals surface area (Å²) in [5.41, 5.74) is 1.07. The van der Waals surface area contributed by atoms with Crippen molar-refractivity contribution in [2.75, 3.05) is 25.4 Å². The normalized spacial score (nSPS) is 12.4. The predicted octanol–water partition coefficient (Wildman–Crippen LogP) is 3.27. The van der Waals surface area contributed by atoms with Gasteiger partial charge in [0.05, 0.1) is 17.0 Å². The first-order chi connectivity index (χ1) is 11.2. The third-order valence-electron chi connectivity index (χ3n) is 3.55. The van der Waals surface area contributed by atoms with Crippen molar-refractivity contribution in [1.82, 2.24) is 10.6 Å². The second-order valence-corrected chi connectivity index (χ2v) is 9.73. The Balaban J connectivity index is 0.00000576. The Morgan fingerprint density at radius 1 is 1.20 bits per heavy atom. The fourth-order valence-electron chi connectivity index (χ4n) is 1.94. The highest BCUT2D eigenvalue weighted by Crippen LogP contribution is 2.16. The van der Waals surface area contributed by atoms with Gasteiger partial charge in [0, 0.05) is 18.1 Å². The molecule has 0 radical (unpaired) electrons. The zero-order chi connectivity index (χ0) is 18.2. The fraction of sp³-hybridized carbons (Fsp3) is 0.588. The van der Waals surface area contributed by atoms with E-state index in [2.05, 4.69) is 15.6 Å². The molecule has 0 aliphatic rings. The van der Waals surface area contributed by atoms with Gasteiger partial charge in [0.1, 0.15) is 0 Å². The van der Waals surface area contributed by atoms with Crippen molar-refractivity contribution in [2.45, 2.75) is 38.9 Å². The fourth-order valence-corrected chi connectivity index (χ4v) is 3.12. The molecular formula is C17H29ClIN3O2S. The summed E-state index contributed by atoms with van der Waals surface area (Å²) in [4.78, 5) is 4.35. The van der Waals surface area contributed by atoms with Crippen LogP contribution in [0.25, 0.3) is 0 Å². The first-order valence-electron chi connectivity index (χ1n) is 8.15. The Hall–Kier alpha value is -0.540. The third kappa shape index (κ3) is 8.59. The Labute approximate surface area is 174 Å². The van der Waals surface area contributed by atoms with Crippen LogP contribution in [-0.4, -0.2) is 44.5 Å². The summed E-state index contributed by atoms with van der Waals surface area (Å²) in [6.07, 6.45) is 0.768. The van der Waals surface area contributed by atoms with E-state index in [0.29, 0.717) is 19.0 Å². The van der Waals surface area contributed by atoms with Gasteiger partial charge in [-0.3, -0.25) is 4.99 Å². The van der Waals surface area contributed by atoms with Crippen LogP contribution in [0.2, 0.25) is 5.02 Å². The van der Waals surface area contributed by atoms with Crippen molar-refractivity contribution in [3.05, 3.63) is 34.9 Å². The molecule has 1 aromatic rings. The number of nitrogens with zero attached hydrogens (tertiary/aromatic N) is 1. The molecule has 25 heavy (non-hydrogen) atoms. The number of aliphatic imine (C=N–C) groups is 1. The summed E-state index contributed by atoms with van der Waals surface area (Å²) in [5, 5.41) is 7.07. The summed E-state index contributed by atoms with van der Waals surface area (Å²) in [7, 11) is -3.16. The van der Waals surface area contributed by atoms with Gasteiger partial charge in [0.15, 0.2) is 15.8 Å². The Morgan fingerprint density at radius 3 is 2.40 bits per heavy atom. The van der Waals surface area contributed by atoms with Crippen LogP contribution in [0.5, 0.6) is 0 Å². The highest BCUT2D eigenvalue weighted by molar-refractivity contribution is 14.0. The average Bonchev–Trinajstić information content (AvgIpc) is 2.48. The van der Waals surface area contributed by atoms with Crippen molar-refractivity contribution < 1.29 is 8.42 Å². The first-order valence-corrected chi connectivity index (χ1v) is 10.2. The summed E-state index contributed by atoms with van der Waals surface area (Å²) >= 11 is 6.14. The molecule has 2 N–H and O–H groups in total. The number of nitrogens with one attached hydrogen (secondary N) is 2. The van der Waals surface area contributed by atoms with E-state index in [1.165, 1.54) is 0 Å². The van der Waals surface area contributed by atoms with Crippen LogP contribution < -0.4 is 10.6 Å². The maximum Gasteiger partial charge on any atom is 0.191 e. The van der Waals surface area contributed by atoms with Crippen LogP contribution >= 0.6 is 35.6 Å². The number of rotatable bonds is 7. The minimum atomic E-state index is -3.16. The van der Waals surface area contributed by atoms with Crippen LogP contribution in [0.15, 0.2) is 29.3 Å². The van der Waals surface area contributed by atoms with E-state index in [9.17, 15) is 8.42 Å². The number of hydrogen-bond acceptors (Lipinski definition) is 3. The number of sulfone groups is 1. The van der Waals surface area contributed by atoms with E-state index < -0.39 is 14.6 Å². The van der Waals surface area contributed by atoms with Gasteiger partial charge in [-0.2, -0.15) is 0 Å². The minimum absolute atomic E-state index is 0. The lowest BCUT2D eigenvalue weighted by Gasteiger charge is -2.18. The molecule has 1 aromatic carbocycles. The average molecular weight is 502 g/mol. The Bertz CT molecular complexity index is 658. The molecule has 0 aliphatic carbocycles. The zero-order valence-electron chi connectivity index (χ0n) is 15.3. The molecule has 0 saturated heterocycles. The highest BCUT2D eigenvalue weighted by Gasteiger charge is 2.28. The van der Waals surface area contributed by atoms with Gasteiger partial charge >= 0.3 is 0 Å². The molecule has 0 aromatic heterocycles. The first kappa shape index (κ1) is 24.5. The molecule has 0 saturated carbocycles. The Morgan fingerprint density at radius 2 is 1.84 bits per heavy atom. The van der Waals surface area contributed by atoms with Gasteiger partial charge in [-0.25, -0.2) is 8.42 Å². The molecule has 5 nitrogen and oxygen atoms in total. The van der Waals surface area contributed by atoms with Crippen molar-refractivity contribution >= 4 is 51.4 Å². The number of halogens is 2. The molecular weight excluding hydrogens is 473 g/mol. The van der Waals surface area contributed by atoms with Gasteiger partial charge in [-0.1, -0.05) is 29.8 Å². The van der Waals surface area contributed by atoms with E-state index in [0.717, 1.165) is 17.0 Å². The molecule has 0 heterocycles. The number of guanidine groups is 1. The summed E-state index contributed by atoms with van der Waals surface area (Å²) in [6.45, 7) is 8.71. The molecule has 0 unspecified atom stereocenters.